The minimum atomic E-state index is -1.08. The number of carbonyl (C=O) groups is 6. The molecule has 2 aliphatic heterocycles. The van der Waals surface area contributed by atoms with Crippen LogP contribution < -0.4 is 27.0 Å². The normalized spacial score (nSPS) is 23.5. The first-order valence-electron chi connectivity index (χ1n) is 18.8. The molecule has 6 amide bonds. The Labute approximate surface area is 320 Å². The third-order valence-electron chi connectivity index (χ3n) is 9.90. The van der Waals surface area contributed by atoms with Gasteiger partial charge in [0.25, 0.3) is 0 Å². The number of rotatable bonds is 9. The number of thioether (sulfide) groups is 1. The number of nitrogens with one attached hydrogen (secondary N) is 4. The summed E-state index contributed by atoms with van der Waals surface area (Å²) < 4.78 is 1.73. The molecule has 6 atom stereocenters. The Morgan fingerprint density at radius 1 is 1.02 bits per heavy atom. The number of carbonyl (C=O) groups excluding carboxylic acids is 6. The van der Waals surface area contributed by atoms with Crippen molar-refractivity contribution in [2.24, 2.45) is 17.6 Å². The van der Waals surface area contributed by atoms with Gasteiger partial charge in [0.1, 0.15) is 36.0 Å². The van der Waals surface area contributed by atoms with E-state index in [9.17, 15) is 33.9 Å². The molecule has 17 heteroatoms. The molecular weight excluding hydrogens is 715 g/mol. The van der Waals surface area contributed by atoms with E-state index in [1.165, 1.54) is 28.8 Å². The molecule has 0 radical (unpaired) electrons. The maximum atomic E-state index is 14.2. The zero-order valence-corrected chi connectivity index (χ0v) is 32.4. The van der Waals surface area contributed by atoms with Crippen LogP contribution in [-0.2, 0) is 47.5 Å². The largest absolute Gasteiger partial charge is 0.508 e. The van der Waals surface area contributed by atoms with Crippen LogP contribution in [0.1, 0.15) is 83.9 Å². The lowest BCUT2D eigenvalue weighted by Crippen LogP contribution is -2.60. The van der Waals surface area contributed by atoms with Crippen molar-refractivity contribution in [2.45, 2.75) is 122 Å². The number of hydrogen-bond donors (Lipinski definition) is 6. The Balaban J connectivity index is 1.64. The molecule has 0 saturated carbocycles. The van der Waals surface area contributed by atoms with Gasteiger partial charge in [-0.2, -0.15) is 11.8 Å². The minimum Gasteiger partial charge on any atom is -0.508 e. The molecule has 3 heterocycles. The van der Waals surface area contributed by atoms with Crippen LogP contribution >= 0.6 is 11.8 Å². The Morgan fingerprint density at radius 2 is 1.76 bits per heavy atom. The molecule has 2 aromatic rings. The second kappa shape index (κ2) is 20.1. The summed E-state index contributed by atoms with van der Waals surface area (Å²) in [5.74, 6) is -2.77. The monoisotopic (exact) mass is 769 g/mol. The van der Waals surface area contributed by atoms with Crippen LogP contribution in [0.15, 0.2) is 30.5 Å². The highest BCUT2D eigenvalue weighted by molar-refractivity contribution is 7.98. The van der Waals surface area contributed by atoms with Crippen LogP contribution in [0, 0.1) is 11.8 Å². The van der Waals surface area contributed by atoms with Crippen molar-refractivity contribution in [3.8, 4) is 5.75 Å². The number of aryl methyl sites for hydroxylation is 1. The maximum Gasteiger partial charge on any atom is 0.246 e. The van der Waals surface area contributed by atoms with Crippen LogP contribution in [0.25, 0.3) is 0 Å². The number of aromatic nitrogens is 3. The molecule has 7 N–H and O–H groups in total. The molecule has 0 spiro atoms. The van der Waals surface area contributed by atoms with Crippen LogP contribution in [0.4, 0.5) is 0 Å². The van der Waals surface area contributed by atoms with Crippen LogP contribution in [0.2, 0.25) is 0 Å². The molecule has 0 aliphatic carbocycles. The number of nitrogens with two attached hydrogens (primary N) is 1. The Morgan fingerprint density at radius 3 is 2.44 bits per heavy atom. The van der Waals surface area contributed by atoms with Crippen molar-refractivity contribution in [1.82, 2.24) is 41.2 Å². The summed E-state index contributed by atoms with van der Waals surface area (Å²) in [5, 5.41) is 29.4. The molecule has 2 aliphatic rings. The zero-order chi connectivity index (χ0) is 39.4. The molecule has 1 fully saturated rings. The fourth-order valence-electron chi connectivity index (χ4n) is 6.63. The van der Waals surface area contributed by atoms with Gasteiger partial charge in [-0.25, -0.2) is 4.68 Å². The van der Waals surface area contributed by atoms with E-state index in [0.717, 1.165) is 5.69 Å². The number of nitrogens with zero attached hydrogens (tertiary/aromatic N) is 4. The van der Waals surface area contributed by atoms with Crippen LogP contribution in [0.3, 0.4) is 0 Å². The highest BCUT2D eigenvalue weighted by atomic mass is 32.2. The first kappa shape index (κ1) is 42.1. The lowest BCUT2D eigenvalue weighted by molar-refractivity contribution is -0.142. The van der Waals surface area contributed by atoms with Gasteiger partial charge in [0.05, 0.1) is 11.9 Å². The standard InChI is InChI=1S/C37H55N9O7S/c1-5-23(4)32-36(52)42-29(34(50)41-27(33(38)49)17-22(2)3)21-54-20-25-19-39-44-46(25)16-7-6-10-31(48)40-28(18-24-11-13-26(47)14-12-24)37(53)45-15-8-9-30(45)35(51)43-32/h11-14,19,22-23,27-30,32,47H,5-10,15-18,20-21H2,1-4H3,(H2,38,49)(H,40,48)(H,41,50)(H,42,52)(H,43,51)/t23-,27-,28-,29-,30-,32-/m0/s1. The fourth-order valence-corrected chi connectivity index (χ4v) is 7.65. The highest BCUT2D eigenvalue weighted by Crippen LogP contribution is 2.22. The summed E-state index contributed by atoms with van der Waals surface area (Å²) in [5.41, 5.74) is 7.12. The summed E-state index contributed by atoms with van der Waals surface area (Å²) in [6.07, 6.45) is 4.78. The number of hydrogen-bond acceptors (Lipinski definition) is 10. The number of primary amides is 1. The van der Waals surface area contributed by atoms with Crippen molar-refractivity contribution < 1.29 is 33.9 Å². The van der Waals surface area contributed by atoms with Gasteiger partial charge in [-0.3, -0.25) is 28.8 Å². The Hall–Kier alpha value is -4.67. The van der Waals surface area contributed by atoms with Gasteiger partial charge in [0.2, 0.25) is 35.4 Å². The lowest BCUT2D eigenvalue weighted by Gasteiger charge is -2.31. The van der Waals surface area contributed by atoms with Crippen LogP contribution in [-0.4, -0.2) is 103 Å². The molecule has 296 valence electrons. The van der Waals surface area contributed by atoms with Crippen molar-refractivity contribution in [3.63, 3.8) is 0 Å². The molecular formula is C37H55N9O7S. The highest BCUT2D eigenvalue weighted by Gasteiger charge is 2.40. The summed E-state index contributed by atoms with van der Waals surface area (Å²) in [7, 11) is 0. The number of fused-ring (bicyclic) bond motifs is 2. The van der Waals surface area contributed by atoms with E-state index in [-0.39, 0.29) is 48.6 Å². The second-order valence-corrected chi connectivity index (χ2v) is 15.7. The summed E-state index contributed by atoms with van der Waals surface area (Å²) >= 11 is 1.37. The number of phenolic OH excluding ortho intramolecular Hbond substituents is 1. The molecule has 1 aromatic heterocycles. The third-order valence-corrected chi connectivity index (χ3v) is 11.0. The van der Waals surface area contributed by atoms with E-state index < -0.39 is 59.7 Å². The summed E-state index contributed by atoms with van der Waals surface area (Å²) in [6.45, 7) is 8.27. The SMILES string of the molecule is CC[C@H](C)[C@@H]1NC(=O)[C@@H]2CCCN2C(=O)[C@H](Cc2ccc(O)cc2)NC(=O)CCCCn2nncc2CSC[C@@H](C(=O)N[C@@H](CC(C)C)C(N)=O)NC1=O. The average molecular weight is 770 g/mol. The smallest absolute Gasteiger partial charge is 0.246 e. The van der Waals surface area contributed by atoms with Gasteiger partial charge in [0.15, 0.2) is 0 Å². The quantitative estimate of drug-likeness (QED) is 0.213. The predicted octanol–water partition coefficient (Wildman–Crippen LogP) is 1.15. The first-order chi connectivity index (χ1) is 25.8. The van der Waals surface area contributed by atoms with Crippen molar-refractivity contribution in [2.75, 3.05) is 12.3 Å². The third kappa shape index (κ3) is 11.9. The second-order valence-electron chi connectivity index (χ2n) is 14.6. The number of benzene rings is 1. The van der Waals surface area contributed by atoms with E-state index in [0.29, 0.717) is 56.4 Å². The summed E-state index contributed by atoms with van der Waals surface area (Å²) in [6, 6.07) is 1.44. The average Bonchev–Trinajstić information content (AvgIpc) is 3.81. The predicted molar refractivity (Wildman–Crippen MR) is 202 cm³/mol. The van der Waals surface area contributed by atoms with E-state index in [4.69, 9.17) is 5.73 Å². The molecule has 54 heavy (non-hydrogen) atoms. The minimum absolute atomic E-state index is 0.0617. The molecule has 16 nitrogen and oxygen atoms in total. The molecule has 1 aromatic carbocycles. The zero-order valence-electron chi connectivity index (χ0n) is 31.6. The van der Waals surface area contributed by atoms with E-state index in [1.54, 1.807) is 23.0 Å². The Kier molecular flexibility index (Phi) is 15.7. The Bertz CT molecular complexity index is 1620. The number of phenols is 1. The number of amides is 6. The topological polar surface area (TPSA) is 231 Å². The molecule has 4 rings (SSSR count). The maximum absolute atomic E-state index is 14.2. The molecule has 1 saturated heterocycles. The lowest BCUT2D eigenvalue weighted by atomic mass is 9.97. The van der Waals surface area contributed by atoms with Gasteiger partial charge in [-0.05, 0) is 61.6 Å². The van der Waals surface area contributed by atoms with Crippen molar-refractivity contribution in [1.29, 1.82) is 0 Å². The first-order valence-corrected chi connectivity index (χ1v) is 20.0. The van der Waals surface area contributed by atoms with E-state index >= 15 is 0 Å². The van der Waals surface area contributed by atoms with E-state index in [1.807, 2.05) is 27.7 Å². The van der Waals surface area contributed by atoms with Gasteiger partial charge in [-0.1, -0.05) is 51.5 Å². The number of aromatic hydroxyl groups is 1. The van der Waals surface area contributed by atoms with Crippen LogP contribution in [0.5, 0.6) is 5.75 Å². The van der Waals surface area contributed by atoms with Gasteiger partial charge in [-0.15, -0.1) is 5.10 Å². The molecule has 0 bridgehead atoms. The van der Waals surface area contributed by atoms with Gasteiger partial charge in [0, 0.05) is 37.4 Å². The van der Waals surface area contributed by atoms with Gasteiger partial charge >= 0.3 is 0 Å². The van der Waals surface area contributed by atoms with E-state index in [2.05, 4.69) is 31.6 Å². The molecule has 0 unspecified atom stereocenters. The fraction of sp³-hybridized carbons (Fsp3) is 0.622. The summed E-state index contributed by atoms with van der Waals surface area (Å²) in [4.78, 5) is 82.9. The van der Waals surface area contributed by atoms with Crippen molar-refractivity contribution >= 4 is 47.2 Å². The van der Waals surface area contributed by atoms with Gasteiger partial charge < -0.3 is 37.0 Å². The van der Waals surface area contributed by atoms with Crippen molar-refractivity contribution in [3.05, 3.63) is 41.7 Å².